The monoisotopic (exact) mass is 311 g/mol. The molecule has 0 atom stereocenters. The molecule has 0 unspecified atom stereocenters. The van der Waals surface area contributed by atoms with Gasteiger partial charge in [-0.1, -0.05) is 13.8 Å². The Morgan fingerprint density at radius 3 is 2.18 bits per heavy atom. The Hall–Kier alpha value is -2.22. The highest BCUT2D eigenvalue weighted by molar-refractivity contribution is 6.14. The van der Waals surface area contributed by atoms with Crippen LogP contribution in [0.15, 0.2) is 12.2 Å². The molecular formula is C14H21N3O5. The Morgan fingerprint density at radius 2 is 1.64 bits per heavy atom. The minimum Gasteiger partial charge on any atom is -0.378 e. The standard InChI is InChI=1S/C14H21N3O5/c1-10(2)14(21)16-6-8-22-7-5-15-11(18)9-17-12(19)3-4-13(17)20/h3-4,10H,5-9H2,1-2H3,(H,15,18)(H,16,21). The third kappa shape index (κ3) is 6.04. The molecule has 2 N–H and O–H groups in total. The van der Waals surface area contributed by atoms with Gasteiger partial charge in [-0.15, -0.1) is 0 Å². The van der Waals surface area contributed by atoms with Crippen LogP contribution >= 0.6 is 0 Å². The lowest BCUT2D eigenvalue weighted by Crippen LogP contribution is -2.41. The van der Waals surface area contributed by atoms with E-state index in [9.17, 15) is 19.2 Å². The lowest BCUT2D eigenvalue weighted by molar-refractivity contribution is -0.141. The molecule has 0 bridgehead atoms. The fraction of sp³-hybridized carbons (Fsp3) is 0.571. The van der Waals surface area contributed by atoms with E-state index in [4.69, 9.17) is 4.74 Å². The van der Waals surface area contributed by atoms with Crippen molar-refractivity contribution in [2.75, 3.05) is 32.8 Å². The summed E-state index contributed by atoms with van der Waals surface area (Å²) in [6.45, 7) is 4.61. The Bertz CT molecular complexity index is 455. The summed E-state index contributed by atoms with van der Waals surface area (Å²) in [5.74, 6) is -1.51. The first-order valence-electron chi connectivity index (χ1n) is 7.07. The Morgan fingerprint density at radius 1 is 1.09 bits per heavy atom. The van der Waals surface area contributed by atoms with Gasteiger partial charge < -0.3 is 15.4 Å². The lowest BCUT2D eigenvalue weighted by atomic mass is 10.2. The summed E-state index contributed by atoms with van der Waals surface area (Å²) in [7, 11) is 0. The molecule has 4 amide bonds. The van der Waals surface area contributed by atoms with Gasteiger partial charge in [-0.05, 0) is 0 Å². The summed E-state index contributed by atoms with van der Waals surface area (Å²) >= 11 is 0. The van der Waals surface area contributed by atoms with Crippen molar-refractivity contribution < 1.29 is 23.9 Å². The predicted molar refractivity (Wildman–Crippen MR) is 77.5 cm³/mol. The molecule has 0 saturated carbocycles. The maximum absolute atomic E-state index is 11.5. The molecule has 1 heterocycles. The highest BCUT2D eigenvalue weighted by Crippen LogP contribution is 2.01. The molecule has 0 saturated heterocycles. The molecule has 1 aliphatic rings. The van der Waals surface area contributed by atoms with Crippen LogP contribution in [-0.4, -0.2) is 61.4 Å². The number of imide groups is 1. The maximum Gasteiger partial charge on any atom is 0.254 e. The van der Waals surface area contributed by atoms with Gasteiger partial charge in [0.2, 0.25) is 11.8 Å². The van der Waals surface area contributed by atoms with Crippen LogP contribution in [-0.2, 0) is 23.9 Å². The van der Waals surface area contributed by atoms with Gasteiger partial charge in [-0.2, -0.15) is 0 Å². The summed E-state index contributed by atoms with van der Waals surface area (Å²) in [5, 5.41) is 5.24. The van der Waals surface area contributed by atoms with Gasteiger partial charge >= 0.3 is 0 Å². The number of carbonyl (C=O) groups excluding carboxylic acids is 4. The molecular weight excluding hydrogens is 290 g/mol. The molecule has 0 aromatic heterocycles. The average molecular weight is 311 g/mol. The van der Waals surface area contributed by atoms with Crippen LogP contribution in [0.1, 0.15) is 13.8 Å². The van der Waals surface area contributed by atoms with Crippen molar-refractivity contribution in [2.45, 2.75) is 13.8 Å². The van der Waals surface area contributed by atoms with Crippen molar-refractivity contribution in [1.29, 1.82) is 0 Å². The summed E-state index contributed by atoms with van der Waals surface area (Å²) < 4.78 is 5.24. The van der Waals surface area contributed by atoms with Crippen LogP contribution in [0.3, 0.4) is 0 Å². The van der Waals surface area contributed by atoms with E-state index in [1.807, 2.05) is 0 Å². The third-order valence-corrected chi connectivity index (χ3v) is 2.84. The van der Waals surface area contributed by atoms with Gasteiger partial charge in [-0.25, -0.2) is 0 Å². The Balaban J connectivity index is 2.03. The molecule has 1 aliphatic heterocycles. The second kappa shape index (κ2) is 8.93. The van der Waals surface area contributed by atoms with Crippen LogP contribution < -0.4 is 10.6 Å². The molecule has 1 rings (SSSR count). The van der Waals surface area contributed by atoms with Crippen LogP contribution in [0.2, 0.25) is 0 Å². The van der Waals surface area contributed by atoms with Crippen molar-refractivity contribution in [3.8, 4) is 0 Å². The van der Waals surface area contributed by atoms with Crippen LogP contribution in [0.25, 0.3) is 0 Å². The van der Waals surface area contributed by atoms with E-state index in [1.165, 1.54) is 0 Å². The zero-order chi connectivity index (χ0) is 16.5. The second-order valence-electron chi connectivity index (χ2n) is 5.00. The second-order valence-corrected chi connectivity index (χ2v) is 5.00. The number of amides is 4. The van der Waals surface area contributed by atoms with Crippen LogP contribution in [0.4, 0.5) is 0 Å². The van der Waals surface area contributed by atoms with Gasteiger partial charge in [0.1, 0.15) is 6.54 Å². The van der Waals surface area contributed by atoms with Crippen molar-refractivity contribution in [3.05, 3.63) is 12.2 Å². The summed E-state index contributed by atoms with van der Waals surface area (Å²) in [5.41, 5.74) is 0. The smallest absolute Gasteiger partial charge is 0.254 e. The van der Waals surface area contributed by atoms with Gasteiger partial charge in [0.05, 0.1) is 13.2 Å². The van der Waals surface area contributed by atoms with Crippen molar-refractivity contribution in [1.82, 2.24) is 15.5 Å². The quantitative estimate of drug-likeness (QED) is 0.412. The van der Waals surface area contributed by atoms with E-state index in [-0.39, 0.29) is 31.5 Å². The molecule has 0 radical (unpaired) electrons. The fourth-order valence-electron chi connectivity index (χ4n) is 1.60. The number of hydrogen-bond donors (Lipinski definition) is 2. The normalized spacial score (nSPS) is 13.9. The highest BCUT2D eigenvalue weighted by atomic mass is 16.5. The molecule has 0 spiro atoms. The van der Waals surface area contributed by atoms with E-state index in [0.29, 0.717) is 13.2 Å². The molecule has 0 aliphatic carbocycles. The number of nitrogens with zero attached hydrogens (tertiary/aromatic N) is 1. The van der Waals surface area contributed by atoms with Crippen molar-refractivity contribution >= 4 is 23.6 Å². The summed E-state index contributed by atoms with van der Waals surface area (Å²) in [4.78, 5) is 46.2. The first-order chi connectivity index (χ1) is 10.4. The average Bonchev–Trinajstić information content (AvgIpc) is 2.77. The maximum atomic E-state index is 11.5. The third-order valence-electron chi connectivity index (χ3n) is 2.84. The molecule has 122 valence electrons. The Kier molecular flexibility index (Phi) is 7.24. The lowest BCUT2D eigenvalue weighted by Gasteiger charge is -2.13. The molecule has 8 nitrogen and oxygen atoms in total. The largest absolute Gasteiger partial charge is 0.378 e. The van der Waals surface area contributed by atoms with E-state index >= 15 is 0 Å². The fourth-order valence-corrected chi connectivity index (χ4v) is 1.60. The summed E-state index contributed by atoms with van der Waals surface area (Å²) in [6, 6.07) is 0. The molecule has 0 aromatic rings. The SMILES string of the molecule is CC(C)C(=O)NCCOCCNC(=O)CN1C(=O)C=CC1=O. The summed E-state index contributed by atoms with van der Waals surface area (Å²) in [6.07, 6.45) is 2.26. The molecule has 0 fully saturated rings. The number of rotatable bonds is 9. The number of carbonyl (C=O) groups is 4. The van der Waals surface area contributed by atoms with Crippen LogP contribution in [0.5, 0.6) is 0 Å². The number of nitrogens with one attached hydrogen (secondary N) is 2. The molecule has 8 heteroatoms. The van der Waals surface area contributed by atoms with E-state index < -0.39 is 17.7 Å². The minimum absolute atomic E-state index is 0.0366. The zero-order valence-corrected chi connectivity index (χ0v) is 12.8. The van der Waals surface area contributed by atoms with E-state index in [1.54, 1.807) is 13.8 Å². The first-order valence-corrected chi connectivity index (χ1v) is 7.07. The predicted octanol–water partition coefficient (Wildman–Crippen LogP) is -1.18. The minimum atomic E-state index is -0.489. The first kappa shape index (κ1) is 17.8. The van der Waals surface area contributed by atoms with E-state index in [0.717, 1.165) is 17.1 Å². The van der Waals surface area contributed by atoms with Gasteiger partial charge in [0, 0.05) is 31.2 Å². The molecule has 0 aromatic carbocycles. The van der Waals surface area contributed by atoms with E-state index in [2.05, 4.69) is 10.6 Å². The topological polar surface area (TPSA) is 105 Å². The van der Waals surface area contributed by atoms with Gasteiger partial charge in [0.25, 0.3) is 11.8 Å². The van der Waals surface area contributed by atoms with Gasteiger partial charge in [0.15, 0.2) is 0 Å². The highest BCUT2D eigenvalue weighted by Gasteiger charge is 2.25. The zero-order valence-electron chi connectivity index (χ0n) is 12.8. The van der Waals surface area contributed by atoms with Crippen molar-refractivity contribution in [2.24, 2.45) is 5.92 Å². The number of hydrogen-bond acceptors (Lipinski definition) is 5. The van der Waals surface area contributed by atoms with Crippen molar-refractivity contribution in [3.63, 3.8) is 0 Å². The van der Waals surface area contributed by atoms with Crippen LogP contribution in [0, 0.1) is 5.92 Å². The van der Waals surface area contributed by atoms with Gasteiger partial charge in [-0.3, -0.25) is 24.1 Å². The Labute approximate surface area is 128 Å². The number of ether oxygens (including phenoxy) is 1. The molecule has 22 heavy (non-hydrogen) atoms.